The van der Waals surface area contributed by atoms with Gasteiger partial charge in [-0.3, -0.25) is 0 Å². The zero-order chi connectivity index (χ0) is 19.3. The Morgan fingerprint density at radius 2 is 1.04 bits per heavy atom. The number of unbranched alkanes of at least 4 members (excludes halogenated alkanes) is 17. The second-order valence-corrected chi connectivity index (χ2v) is 7.65. The van der Waals surface area contributed by atoms with Crippen LogP contribution in [0.15, 0.2) is 12.2 Å². The Balaban J connectivity index is 3.05. The lowest BCUT2D eigenvalue weighted by molar-refractivity contribution is -0.135. The average Bonchev–Trinajstić information content (AvgIpc) is 2.63. The molecule has 0 rings (SSSR count). The molecule has 0 spiro atoms. The third kappa shape index (κ3) is 19.5. The summed E-state index contributed by atoms with van der Waals surface area (Å²) in [4.78, 5) is 11.2. The van der Waals surface area contributed by atoms with Crippen LogP contribution in [0.2, 0.25) is 0 Å². The zero-order valence-electron chi connectivity index (χ0n) is 17.5. The Labute approximate surface area is 164 Å². The molecule has 0 fully saturated rings. The fourth-order valence-corrected chi connectivity index (χ4v) is 3.11. The summed E-state index contributed by atoms with van der Waals surface area (Å²) in [6.45, 7) is 10.7. The number of hydrogen-bond acceptors (Lipinski definition) is 2. The van der Waals surface area contributed by atoms with Gasteiger partial charge >= 0.3 is 5.97 Å². The van der Waals surface area contributed by atoms with E-state index in [1.807, 2.05) is 0 Å². The van der Waals surface area contributed by atoms with Crippen molar-refractivity contribution in [2.75, 3.05) is 0 Å². The van der Waals surface area contributed by atoms with Gasteiger partial charge in [-0.1, -0.05) is 116 Å². The SMILES string of the molecule is [CH2]CCCCCCCCCCCCCCCCCC[CH]OC(=O)C(=C)C. The van der Waals surface area contributed by atoms with Crippen LogP contribution in [0.1, 0.15) is 122 Å². The lowest BCUT2D eigenvalue weighted by Gasteiger charge is -2.04. The largest absolute Gasteiger partial charge is 0.455 e. The normalized spacial score (nSPS) is 10.8. The van der Waals surface area contributed by atoms with Crippen LogP contribution >= 0.6 is 0 Å². The minimum Gasteiger partial charge on any atom is -0.455 e. The minimum atomic E-state index is -0.310. The first-order valence-electron chi connectivity index (χ1n) is 11.2. The van der Waals surface area contributed by atoms with Crippen molar-refractivity contribution in [3.8, 4) is 0 Å². The van der Waals surface area contributed by atoms with E-state index < -0.39 is 0 Å². The molecule has 152 valence electrons. The van der Waals surface area contributed by atoms with Crippen molar-refractivity contribution in [1.29, 1.82) is 0 Å². The van der Waals surface area contributed by atoms with Crippen LogP contribution in [0.3, 0.4) is 0 Å². The molecule has 0 saturated heterocycles. The third-order valence-electron chi connectivity index (χ3n) is 4.86. The van der Waals surface area contributed by atoms with Gasteiger partial charge in [0.1, 0.15) is 6.61 Å². The smallest absolute Gasteiger partial charge is 0.333 e. The molecule has 0 aliphatic rings. The first-order valence-corrected chi connectivity index (χ1v) is 11.2. The van der Waals surface area contributed by atoms with Crippen molar-refractivity contribution < 1.29 is 9.53 Å². The fourth-order valence-electron chi connectivity index (χ4n) is 3.11. The number of esters is 1. The molecule has 0 atom stereocenters. The molecule has 0 aromatic heterocycles. The molecule has 0 heterocycles. The monoisotopic (exact) mass is 364 g/mol. The standard InChI is InChI=1S/C24H44O2/c1-4-5-6-7-8-9-10-11-12-13-14-15-16-17-18-19-20-21-22-26-24(25)23(2)3/h22H,1-2,4-21H2,3H3. The minimum absolute atomic E-state index is 0.310. The molecule has 2 radical (unpaired) electrons. The molecule has 0 aliphatic heterocycles. The van der Waals surface area contributed by atoms with Gasteiger partial charge in [0.25, 0.3) is 0 Å². The highest BCUT2D eigenvalue weighted by molar-refractivity contribution is 5.87. The molecule has 0 aromatic rings. The molecule has 0 aromatic carbocycles. The van der Waals surface area contributed by atoms with Gasteiger partial charge < -0.3 is 4.74 Å². The van der Waals surface area contributed by atoms with E-state index in [2.05, 4.69) is 13.5 Å². The summed E-state index contributed by atoms with van der Waals surface area (Å²) in [6, 6.07) is 0. The second kappa shape index (κ2) is 20.5. The molecule has 0 saturated carbocycles. The third-order valence-corrected chi connectivity index (χ3v) is 4.86. The van der Waals surface area contributed by atoms with Crippen molar-refractivity contribution in [1.82, 2.24) is 0 Å². The molecule has 0 N–H and O–H groups in total. The van der Waals surface area contributed by atoms with Crippen LogP contribution in [-0.2, 0) is 9.53 Å². The Morgan fingerprint density at radius 3 is 1.38 bits per heavy atom. The van der Waals surface area contributed by atoms with Crippen molar-refractivity contribution in [3.05, 3.63) is 25.7 Å². The Bertz CT molecular complexity index is 322. The summed E-state index contributed by atoms with van der Waals surface area (Å²) < 4.78 is 4.97. The molecular formula is C24H44O2. The molecule has 2 heteroatoms. The Morgan fingerprint density at radius 1 is 0.692 bits per heavy atom. The van der Waals surface area contributed by atoms with Gasteiger partial charge in [-0.2, -0.15) is 0 Å². The van der Waals surface area contributed by atoms with E-state index in [-0.39, 0.29) is 5.97 Å². The molecule has 0 amide bonds. The van der Waals surface area contributed by atoms with Gasteiger partial charge in [0.05, 0.1) is 0 Å². The van der Waals surface area contributed by atoms with E-state index >= 15 is 0 Å². The number of carbonyl (C=O) groups is 1. The summed E-state index contributed by atoms with van der Waals surface area (Å²) in [5, 5.41) is 0. The van der Waals surface area contributed by atoms with E-state index in [0.717, 1.165) is 19.3 Å². The van der Waals surface area contributed by atoms with Crippen LogP contribution < -0.4 is 0 Å². The predicted octanol–water partition coefficient (Wildman–Crippen LogP) is 8.12. The van der Waals surface area contributed by atoms with Gasteiger partial charge in [-0.15, -0.1) is 0 Å². The van der Waals surface area contributed by atoms with Crippen molar-refractivity contribution >= 4 is 5.97 Å². The molecule has 0 aliphatic carbocycles. The highest BCUT2D eigenvalue weighted by atomic mass is 16.5. The quantitative estimate of drug-likeness (QED) is 0.124. The van der Waals surface area contributed by atoms with Gasteiger partial charge in [-0.05, 0) is 19.8 Å². The Hall–Kier alpha value is -0.790. The number of ether oxygens (including phenoxy) is 1. The van der Waals surface area contributed by atoms with E-state index in [1.165, 1.54) is 96.3 Å². The van der Waals surface area contributed by atoms with E-state index in [9.17, 15) is 4.79 Å². The number of rotatable bonds is 20. The maximum absolute atomic E-state index is 11.2. The summed E-state index contributed by atoms with van der Waals surface area (Å²) in [5.74, 6) is -0.310. The molecule has 0 unspecified atom stereocenters. The summed E-state index contributed by atoms with van der Waals surface area (Å²) in [6.07, 6.45) is 23.8. The number of carbonyl (C=O) groups excluding carboxylic acids is 1. The lowest BCUT2D eigenvalue weighted by atomic mass is 10.0. The van der Waals surface area contributed by atoms with Crippen LogP contribution in [0.4, 0.5) is 0 Å². The van der Waals surface area contributed by atoms with Crippen LogP contribution in [-0.4, -0.2) is 5.97 Å². The fraction of sp³-hybridized carbons (Fsp3) is 0.792. The van der Waals surface area contributed by atoms with Crippen LogP contribution in [0.25, 0.3) is 0 Å². The van der Waals surface area contributed by atoms with E-state index in [4.69, 9.17) is 4.74 Å². The van der Waals surface area contributed by atoms with Gasteiger partial charge in [0.15, 0.2) is 0 Å². The predicted molar refractivity (Wildman–Crippen MR) is 114 cm³/mol. The lowest BCUT2D eigenvalue weighted by Crippen LogP contribution is -2.02. The first-order chi connectivity index (χ1) is 12.7. The van der Waals surface area contributed by atoms with E-state index in [0.29, 0.717) is 5.57 Å². The van der Waals surface area contributed by atoms with Gasteiger partial charge in [0.2, 0.25) is 0 Å². The summed E-state index contributed by atoms with van der Waals surface area (Å²) in [7, 11) is 0. The zero-order valence-corrected chi connectivity index (χ0v) is 17.5. The van der Waals surface area contributed by atoms with Gasteiger partial charge in [-0.25, -0.2) is 4.79 Å². The van der Waals surface area contributed by atoms with Crippen LogP contribution in [0.5, 0.6) is 0 Å². The van der Waals surface area contributed by atoms with Crippen molar-refractivity contribution in [2.24, 2.45) is 0 Å². The highest BCUT2D eigenvalue weighted by Crippen LogP contribution is 2.14. The molecular weight excluding hydrogens is 320 g/mol. The maximum Gasteiger partial charge on any atom is 0.333 e. The number of hydrogen-bond donors (Lipinski definition) is 0. The summed E-state index contributed by atoms with van der Waals surface area (Å²) in [5.41, 5.74) is 0.460. The second-order valence-electron chi connectivity index (χ2n) is 7.65. The van der Waals surface area contributed by atoms with Crippen molar-refractivity contribution in [3.63, 3.8) is 0 Å². The van der Waals surface area contributed by atoms with Crippen molar-refractivity contribution in [2.45, 2.75) is 122 Å². The molecule has 2 nitrogen and oxygen atoms in total. The van der Waals surface area contributed by atoms with E-state index in [1.54, 1.807) is 13.5 Å². The maximum atomic E-state index is 11.2. The molecule has 0 bridgehead atoms. The topological polar surface area (TPSA) is 26.3 Å². The molecule has 26 heavy (non-hydrogen) atoms. The Kier molecular flexibility index (Phi) is 19.9. The van der Waals surface area contributed by atoms with Crippen LogP contribution in [0, 0.1) is 13.5 Å². The first kappa shape index (κ1) is 25.2. The van der Waals surface area contributed by atoms with Gasteiger partial charge in [0, 0.05) is 5.57 Å². The highest BCUT2D eigenvalue weighted by Gasteiger charge is 2.02. The average molecular weight is 365 g/mol. The summed E-state index contributed by atoms with van der Waals surface area (Å²) >= 11 is 0.